The predicted molar refractivity (Wildman–Crippen MR) is 140 cm³/mol. The Balaban J connectivity index is 1.30. The number of carbonyl (C=O) groups is 1. The smallest absolute Gasteiger partial charge is 0.298 e. The molecule has 0 spiro atoms. The van der Waals surface area contributed by atoms with Crippen molar-refractivity contribution in [1.29, 1.82) is 0 Å². The van der Waals surface area contributed by atoms with Gasteiger partial charge in [-0.1, -0.05) is 48.4 Å². The van der Waals surface area contributed by atoms with Crippen molar-refractivity contribution in [3.63, 3.8) is 0 Å². The molecule has 4 heterocycles. The van der Waals surface area contributed by atoms with Gasteiger partial charge in [-0.05, 0) is 25.3 Å². The molecule has 8 nitrogen and oxygen atoms in total. The second-order valence-corrected chi connectivity index (χ2v) is 9.23. The average molecular weight is 494 g/mol. The van der Waals surface area contributed by atoms with Crippen molar-refractivity contribution in [2.24, 2.45) is 0 Å². The minimum atomic E-state index is -0.103. The van der Waals surface area contributed by atoms with Crippen LogP contribution in [0.4, 0.5) is 0 Å². The van der Waals surface area contributed by atoms with Crippen molar-refractivity contribution >= 4 is 11.7 Å². The fourth-order valence-corrected chi connectivity index (χ4v) is 5.14. The molecule has 0 radical (unpaired) electrons. The Hall–Kier alpha value is -4.35. The van der Waals surface area contributed by atoms with E-state index in [4.69, 9.17) is 14.5 Å². The van der Waals surface area contributed by atoms with Crippen LogP contribution in [0.25, 0.3) is 28.3 Å². The van der Waals surface area contributed by atoms with Crippen LogP contribution in [0.1, 0.15) is 24.9 Å². The van der Waals surface area contributed by atoms with Crippen LogP contribution in [-0.4, -0.2) is 58.0 Å². The topological polar surface area (TPSA) is 81.0 Å². The van der Waals surface area contributed by atoms with Crippen LogP contribution < -0.4 is 14.8 Å². The van der Waals surface area contributed by atoms with E-state index in [1.807, 2.05) is 33.7 Å². The monoisotopic (exact) mass is 493 g/mol. The van der Waals surface area contributed by atoms with E-state index < -0.39 is 0 Å². The molecule has 0 aliphatic carbocycles. The fraction of sp³-hybridized carbons (Fsp3) is 0.276. The number of benzene rings is 2. The third-order valence-corrected chi connectivity index (χ3v) is 6.95. The molecule has 4 aromatic rings. The molecule has 0 bridgehead atoms. The highest BCUT2D eigenvalue weighted by Gasteiger charge is 2.31. The van der Waals surface area contributed by atoms with Gasteiger partial charge in [0.05, 0.1) is 36.9 Å². The Kier molecular flexibility index (Phi) is 5.99. The van der Waals surface area contributed by atoms with Gasteiger partial charge in [0.2, 0.25) is 5.78 Å². The van der Waals surface area contributed by atoms with Gasteiger partial charge >= 0.3 is 0 Å². The van der Waals surface area contributed by atoms with Crippen LogP contribution in [-0.2, 0) is 4.79 Å². The lowest BCUT2D eigenvalue weighted by Crippen LogP contribution is -2.37. The molecule has 0 saturated carbocycles. The van der Waals surface area contributed by atoms with Gasteiger partial charge in [0.15, 0.2) is 5.75 Å². The minimum Gasteiger partial charge on any atom is -0.494 e. The van der Waals surface area contributed by atoms with Gasteiger partial charge in [0, 0.05) is 35.8 Å². The van der Waals surface area contributed by atoms with Crippen LogP contribution in [0.5, 0.6) is 11.5 Å². The molecule has 2 aromatic heterocycles. The number of hydrogen-bond acceptors (Lipinski definition) is 6. The van der Waals surface area contributed by atoms with Gasteiger partial charge in [0.25, 0.3) is 5.91 Å². The highest BCUT2D eigenvalue weighted by Crippen LogP contribution is 2.39. The van der Waals surface area contributed by atoms with Crippen molar-refractivity contribution < 1.29 is 14.3 Å². The first-order chi connectivity index (χ1) is 18.1. The van der Waals surface area contributed by atoms with Crippen LogP contribution in [0.3, 0.4) is 0 Å². The maximum absolute atomic E-state index is 12.1. The van der Waals surface area contributed by atoms with Crippen LogP contribution in [0.15, 0.2) is 60.9 Å². The quantitative estimate of drug-likeness (QED) is 0.427. The van der Waals surface area contributed by atoms with Crippen LogP contribution in [0, 0.1) is 11.8 Å². The summed E-state index contributed by atoms with van der Waals surface area (Å²) in [6, 6.07) is 16.7. The molecule has 2 aromatic carbocycles. The fourth-order valence-electron chi connectivity index (χ4n) is 5.14. The molecule has 1 fully saturated rings. The molecule has 37 heavy (non-hydrogen) atoms. The predicted octanol–water partition coefficient (Wildman–Crippen LogP) is 3.72. The van der Waals surface area contributed by atoms with Gasteiger partial charge < -0.3 is 19.7 Å². The Morgan fingerprint density at radius 2 is 2.05 bits per heavy atom. The summed E-state index contributed by atoms with van der Waals surface area (Å²) in [6.45, 7) is 3.62. The normalized spacial score (nSPS) is 18.3. The molecule has 2 aliphatic rings. The van der Waals surface area contributed by atoms with Gasteiger partial charge in [-0.15, -0.1) is 0 Å². The third-order valence-electron chi connectivity index (χ3n) is 6.95. The van der Waals surface area contributed by atoms with E-state index in [1.54, 1.807) is 20.2 Å². The Morgan fingerprint density at radius 3 is 2.86 bits per heavy atom. The summed E-state index contributed by atoms with van der Waals surface area (Å²) in [7, 11) is 1.63. The second-order valence-electron chi connectivity index (χ2n) is 9.23. The van der Waals surface area contributed by atoms with E-state index in [0.29, 0.717) is 24.7 Å². The number of methoxy groups -OCH3 is 1. The van der Waals surface area contributed by atoms with Crippen molar-refractivity contribution in [1.82, 2.24) is 24.6 Å². The number of aromatic nitrogens is 3. The average Bonchev–Trinajstić information content (AvgIpc) is 3.66. The summed E-state index contributed by atoms with van der Waals surface area (Å²) in [4.78, 5) is 23.3. The van der Waals surface area contributed by atoms with E-state index in [9.17, 15) is 4.79 Å². The number of carbonyl (C=O) groups excluding carboxylic acids is 1. The summed E-state index contributed by atoms with van der Waals surface area (Å²) in [6.07, 6.45) is 4.49. The summed E-state index contributed by atoms with van der Waals surface area (Å²) in [5.74, 6) is 7.34. The number of amides is 1. The zero-order valence-electron chi connectivity index (χ0n) is 20.8. The lowest BCUT2D eigenvalue weighted by molar-refractivity contribution is -0.124. The standard InChI is InChI=1S/C29H27N5O3/c1-3-7-26(35)33-13-12-21(16-33)31-24-18-37-25-14-20(10-11-23(24)25)27-28(19-8-5-4-6-9-19)34-17-22(36-2)15-30-29(34)32-27/h4-6,8-11,14-15,17,21,24,31H,12-13,16,18H2,1-2H3/t21?,24-/m0/s1. The van der Waals surface area contributed by atoms with Crippen molar-refractivity contribution in [3.8, 4) is 45.9 Å². The summed E-state index contributed by atoms with van der Waals surface area (Å²) in [5.41, 5.74) is 4.89. The zero-order valence-corrected chi connectivity index (χ0v) is 20.8. The zero-order chi connectivity index (χ0) is 25.4. The maximum Gasteiger partial charge on any atom is 0.298 e. The number of nitrogens with zero attached hydrogens (tertiary/aromatic N) is 4. The van der Waals surface area contributed by atoms with Gasteiger partial charge in [-0.2, -0.15) is 0 Å². The Labute approximate surface area is 215 Å². The third kappa shape index (κ3) is 4.28. The highest BCUT2D eigenvalue weighted by atomic mass is 16.5. The van der Waals surface area contributed by atoms with E-state index in [2.05, 4.69) is 52.5 Å². The number of likely N-dealkylation sites (tertiary alicyclic amines) is 1. The molecule has 2 atom stereocenters. The molecule has 1 amide bonds. The molecule has 6 rings (SSSR count). The number of hydrogen-bond donors (Lipinski definition) is 1. The van der Waals surface area contributed by atoms with E-state index in [1.165, 1.54) is 0 Å². The molecule has 186 valence electrons. The van der Waals surface area contributed by atoms with Crippen LogP contribution in [0.2, 0.25) is 0 Å². The SMILES string of the molecule is CC#CC(=O)N1CCC(N[C@H]2COc3cc(-c4nc5ncc(OC)cn5c4-c4ccccc4)ccc32)C1. The number of nitrogens with one attached hydrogen (secondary N) is 1. The minimum absolute atomic E-state index is 0.0713. The van der Waals surface area contributed by atoms with Crippen LogP contribution >= 0.6 is 0 Å². The lowest BCUT2D eigenvalue weighted by Gasteiger charge is -2.18. The molecule has 1 saturated heterocycles. The number of ether oxygens (including phenoxy) is 2. The first-order valence-corrected chi connectivity index (χ1v) is 12.4. The van der Waals surface area contributed by atoms with E-state index in [0.717, 1.165) is 46.8 Å². The summed E-state index contributed by atoms with van der Waals surface area (Å²) in [5, 5.41) is 3.68. The van der Waals surface area contributed by atoms with E-state index >= 15 is 0 Å². The number of rotatable bonds is 5. The second kappa shape index (κ2) is 9.60. The first kappa shape index (κ1) is 23.1. The lowest BCUT2D eigenvalue weighted by atomic mass is 10.0. The summed E-state index contributed by atoms with van der Waals surface area (Å²) >= 11 is 0. The molecule has 1 unspecified atom stereocenters. The van der Waals surface area contributed by atoms with E-state index in [-0.39, 0.29) is 18.0 Å². The Morgan fingerprint density at radius 1 is 1.19 bits per heavy atom. The summed E-state index contributed by atoms with van der Waals surface area (Å²) < 4.78 is 13.5. The van der Waals surface area contributed by atoms with Crippen molar-refractivity contribution in [2.75, 3.05) is 26.8 Å². The molecule has 1 N–H and O–H groups in total. The van der Waals surface area contributed by atoms with Crippen molar-refractivity contribution in [2.45, 2.75) is 25.4 Å². The maximum atomic E-state index is 12.1. The molecule has 2 aliphatic heterocycles. The highest BCUT2D eigenvalue weighted by molar-refractivity contribution is 5.93. The number of fused-ring (bicyclic) bond motifs is 2. The van der Waals surface area contributed by atoms with Gasteiger partial charge in [-0.3, -0.25) is 9.20 Å². The largest absolute Gasteiger partial charge is 0.494 e. The number of imidazole rings is 1. The van der Waals surface area contributed by atoms with Gasteiger partial charge in [0.1, 0.15) is 12.4 Å². The Bertz CT molecular complexity index is 1540. The van der Waals surface area contributed by atoms with Gasteiger partial charge in [-0.25, -0.2) is 9.97 Å². The molecular weight excluding hydrogens is 466 g/mol. The van der Waals surface area contributed by atoms with Crippen molar-refractivity contribution in [3.05, 3.63) is 66.5 Å². The molecular formula is C29H27N5O3. The first-order valence-electron chi connectivity index (χ1n) is 12.4. The molecule has 8 heteroatoms.